The number of hydrogen-bond acceptors (Lipinski definition) is 3. The Morgan fingerprint density at radius 2 is 2.06 bits per heavy atom. The summed E-state index contributed by atoms with van der Waals surface area (Å²) in [6, 6.07) is 2.96. The summed E-state index contributed by atoms with van der Waals surface area (Å²) in [6.45, 7) is 8.29. The minimum absolute atomic E-state index is 0.0490. The van der Waals surface area contributed by atoms with Crippen LogP contribution in [0, 0.1) is 5.41 Å². The van der Waals surface area contributed by atoms with Crippen molar-refractivity contribution in [2.75, 3.05) is 5.32 Å². The van der Waals surface area contributed by atoms with Crippen LogP contribution in [0.25, 0.3) is 0 Å². The zero-order chi connectivity index (χ0) is 13.2. The molecule has 0 radical (unpaired) electrons. The standard InChI is InChI=1S/C12H17ClN2O2/c1-7(12(2,3)4)14-10-6-8(11(16)17)5-9(13)15-10/h5-7H,1-4H3,(H,14,15)(H,16,17). The van der Waals surface area contributed by atoms with Gasteiger partial charge in [-0.15, -0.1) is 0 Å². The maximum Gasteiger partial charge on any atom is 0.335 e. The topological polar surface area (TPSA) is 62.2 Å². The van der Waals surface area contributed by atoms with E-state index in [1.807, 2.05) is 6.92 Å². The lowest BCUT2D eigenvalue weighted by molar-refractivity contribution is 0.0697. The van der Waals surface area contributed by atoms with Crippen molar-refractivity contribution in [1.82, 2.24) is 4.98 Å². The molecule has 1 unspecified atom stereocenters. The van der Waals surface area contributed by atoms with Crippen LogP contribution in [0.15, 0.2) is 12.1 Å². The molecule has 4 nitrogen and oxygen atoms in total. The van der Waals surface area contributed by atoms with Gasteiger partial charge in [-0.25, -0.2) is 9.78 Å². The Balaban J connectivity index is 2.96. The molecular formula is C12H17ClN2O2. The number of carboxylic acids is 1. The van der Waals surface area contributed by atoms with Crippen LogP contribution in [-0.2, 0) is 0 Å². The summed E-state index contributed by atoms with van der Waals surface area (Å²) in [5.41, 5.74) is 0.182. The van der Waals surface area contributed by atoms with Crippen molar-refractivity contribution in [3.8, 4) is 0 Å². The lowest BCUT2D eigenvalue weighted by Gasteiger charge is -2.28. The first-order valence-corrected chi connectivity index (χ1v) is 5.75. The van der Waals surface area contributed by atoms with Crippen molar-refractivity contribution >= 4 is 23.4 Å². The van der Waals surface area contributed by atoms with Crippen LogP contribution in [0.2, 0.25) is 5.15 Å². The number of halogens is 1. The van der Waals surface area contributed by atoms with Crippen LogP contribution in [-0.4, -0.2) is 22.1 Å². The molecule has 5 heteroatoms. The molecule has 0 aliphatic rings. The number of nitrogens with zero attached hydrogens (tertiary/aromatic N) is 1. The Bertz CT molecular complexity index is 427. The zero-order valence-electron chi connectivity index (χ0n) is 10.4. The molecule has 1 atom stereocenters. The maximum absolute atomic E-state index is 10.9. The van der Waals surface area contributed by atoms with Gasteiger partial charge in [-0.1, -0.05) is 32.4 Å². The number of carbonyl (C=O) groups is 1. The summed E-state index contributed by atoms with van der Waals surface area (Å²) >= 11 is 5.78. The van der Waals surface area contributed by atoms with Crippen molar-refractivity contribution in [2.24, 2.45) is 5.41 Å². The fourth-order valence-electron chi connectivity index (χ4n) is 1.13. The number of carboxylic acid groups (broad SMARTS) is 1. The van der Waals surface area contributed by atoms with Gasteiger partial charge in [0.25, 0.3) is 0 Å². The molecular weight excluding hydrogens is 240 g/mol. The van der Waals surface area contributed by atoms with E-state index in [1.54, 1.807) is 0 Å². The van der Waals surface area contributed by atoms with Crippen LogP contribution in [0.1, 0.15) is 38.1 Å². The van der Waals surface area contributed by atoms with Gasteiger partial charge in [0.2, 0.25) is 0 Å². The lowest BCUT2D eigenvalue weighted by Crippen LogP contribution is -2.31. The van der Waals surface area contributed by atoms with Crippen molar-refractivity contribution in [1.29, 1.82) is 0 Å². The molecule has 0 saturated carbocycles. The minimum Gasteiger partial charge on any atom is -0.478 e. The molecule has 0 fully saturated rings. The molecule has 0 aliphatic carbocycles. The second kappa shape index (κ2) is 4.92. The van der Waals surface area contributed by atoms with Crippen molar-refractivity contribution in [3.63, 3.8) is 0 Å². The Morgan fingerprint density at radius 3 is 2.53 bits per heavy atom. The number of anilines is 1. The van der Waals surface area contributed by atoms with E-state index in [4.69, 9.17) is 16.7 Å². The summed E-state index contributed by atoms with van der Waals surface area (Å²) in [7, 11) is 0. The highest BCUT2D eigenvalue weighted by Gasteiger charge is 2.20. The van der Waals surface area contributed by atoms with E-state index in [9.17, 15) is 4.79 Å². The monoisotopic (exact) mass is 256 g/mol. The quantitative estimate of drug-likeness (QED) is 0.815. The van der Waals surface area contributed by atoms with E-state index in [1.165, 1.54) is 12.1 Å². The second-order valence-electron chi connectivity index (χ2n) is 5.10. The molecule has 1 aromatic heterocycles. The Kier molecular flexibility index (Phi) is 3.98. The first kappa shape index (κ1) is 13.8. The molecule has 0 saturated heterocycles. The highest BCUT2D eigenvalue weighted by molar-refractivity contribution is 6.29. The molecule has 0 aliphatic heterocycles. The Morgan fingerprint density at radius 1 is 1.47 bits per heavy atom. The summed E-state index contributed by atoms with van der Waals surface area (Å²) < 4.78 is 0. The first-order chi connectivity index (χ1) is 7.70. The summed E-state index contributed by atoms with van der Waals surface area (Å²) in [4.78, 5) is 14.9. The first-order valence-electron chi connectivity index (χ1n) is 5.37. The van der Waals surface area contributed by atoms with E-state index in [0.717, 1.165) is 0 Å². The number of aromatic nitrogens is 1. The third-order valence-corrected chi connectivity index (χ3v) is 2.90. The molecule has 94 valence electrons. The molecule has 0 spiro atoms. The summed E-state index contributed by atoms with van der Waals surface area (Å²) in [5.74, 6) is -0.530. The average molecular weight is 257 g/mol. The fraction of sp³-hybridized carbons (Fsp3) is 0.500. The minimum atomic E-state index is -1.01. The van der Waals surface area contributed by atoms with Crippen LogP contribution in [0.5, 0.6) is 0 Å². The Hall–Kier alpha value is -1.29. The fourth-order valence-corrected chi connectivity index (χ4v) is 1.34. The molecule has 1 aromatic rings. The Labute approximate surface area is 106 Å². The van der Waals surface area contributed by atoms with Crippen LogP contribution in [0.3, 0.4) is 0 Å². The number of nitrogens with one attached hydrogen (secondary N) is 1. The maximum atomic E-state index is 10.9. The third-order valence-electron chi connectivity index (χ3n) is 2.70. The van der Waals surface area contributed by atoms with Gasteiger partial charge in [0, 0.05) is 6.04 Å². The van der Waals surface area contributed by atoms with Gasteiger partial charge in [0.05, 0.1) is 5.56 Å². The third kappa shape index (κ3) is 3.89. The molecule has 2 N–H and O–H groups in total. The second-order valence-corrected chi connectivity index (χ2v) is 5.49. The number of aromatic carboxylic acids is 1. The van der Waals surface area contributed by atoms with Gasteiger partial charge in [-0.05, 0) is 24.5 Å². The van der Waals surface area contributed by atoms with Crippen LogP contribution in [0.4, 0.5) is 5.82 Å². The van der Waals surface area contributed by atoms with Gasteiger partial charge in [0.15, 0.2) is 0 Å². The largest absolute Gasteiger partial charge is 0.478 e. The molecule has 0 amide bonds. The van der Waals surface area contributed by atoms with E-state index in [2.05, 4.69) is 31.1 Å². The average Bonchev–Trinajstić information content (AvgIpc) is 2.14. The number of hydrogen-bond donors (Lipinski definition) is 2. The molecule has 1 heterocycles. The van der Waals surface area contributed by atoms with E-state index >= 15 is 0 Å². The number of pyridine rings is 1. The smallest absolute Gasteiger partial charge is 0.335 e. The van der Waals surface area contributed by atoms with Gasteiger partial charge < -0.3 is 10.4 Å². The highest BCUT2D eigenvalue weighted by atomic mass is 35.5. The summed E-state index contributed by atoms with van der Waals surface area (Å²) in [6.07, 6.45) is 0. The van der Waals surface area contributed by atoms with Crippen LogP contribution < -0.4 is 5.32 Å². The van der Waals surface area contributed by atoms with Crippen molar-refractivity contribution in [2.45, 2.75) is 33.7 Å². The number of rotatable bonds is 3. The molecule has 1 rings (SSSR count). The normalized spacial score (nSPS) is 13.2. The van der Waals surface area contributed by atoms with Gasteiger partial charge in [-0.3, -0.25) is 0 Å². The highest BCUT2D eigenvalue weighted by Crippen LogP contribution is 2.23. The van der Waals surface area contributed by atoms with E-state index in [-0.39, 0.29) is 22.2 Å². The lowest BCUT2D eigenvalue weighted by atomic mass is 9.88. The van der Waals surface area contributed by atoms with Crippen molar-refractivity contribution in [3.05, 3.63) is 22.8 Å². The molecule has 0 bridgehead atoms. The predicted molar refractivity (Wildman–Crippen MR) is 68.7 cm³/mol. The molecule has 0 aromatic carbocycles. The summed E-state index contributed by atoms with van der Waals surface area (Å²) in [5, 5.41) is 12.2. The van der Waals surface area contributed by atoms with Gasteiger partial charge >= 0.3 is 5.97 Å². The zero-order valence-corrected chi connectivity index (χ0v) is 11.2. The van der Waals surface area contributed by atoms with E-state index < -0.39 is 5.97 Å². The van der Waals surface area contributed by atoms with Crippen LogP contribution >= 0.6 is 11.6 Å². The predicted octanol–water partition coefficient (Wildman–Crippen LogP) is 3.28. The SMILES string of the molecule is CC(Nc1cc(C(=O)O)cc(Cl)n1)C(C)(C)C. The molecule has 17 heavy (non-hydrogen) atoms. The van der Waals surface area contributed by atoms with E-state index in [0.29, 0.717) is 5.82 Å². The van der Waals surface area contributed by atoms with Gasteiger partial charge in [0.1, 0.15) is 11.0 Å². The van der Waals surface area contributed by atoms with Gasteiger partial charge in [-0.2, -0.15) is 0 Å². The van der Waals surface area contributed by atoms with Crippen molar-refractivity contribution < 1.29 is 9.90 Å².